The molecule has 2 rings (SSSR count). The molecule has 21 heavy (non-hydrogen) atoms. The van der Waals surface area contributed by atoms with Gasteiger partial charge in [0.05, 0.1) is 11.0 Å². The van der Waals surface area contributed by atoms with Crippen molar-refractivity contribution in [1.29, 1.82) is 0 Å². The number of rotatable bonds is 3. The van der Waals surface area contributed by atoms with Crippen LogP contribution in [0, 0.1) is 18.3 Å². The second-order valence-corrected chi connectivity index (χ2v) is 8.79. The summed E-state index contributed by atoms with van der Waals surface area (Å²) < 4.78 is 30.2. The van der Waals surface area contributed by atoms with E-state index in [0.29, 0.717) is 5.92 Å². The predicted octanol–water partition coefficient (Wildman–Crippen LogP) is 4.31. The monoisotopic (exact) mass is 310 g/mol. The molecule has 1 fully saturated rings. The molecule has 2 unspecified atom stereocenters. The first kappa shape index (κ1) is 16.5. The van der Waals surface area contributed by atoms with Crippen LogP contribution in [0.3, 0.4) is 0 Å². The van der Waals surface area contributed by atoms with Crippen LogP contribution in [-0.4, -0.2) is 14.5 Å². The van der Waals surface area contributed by atoms with E-state index in [1.807, 2.05) is 6.92 Å². The van der Waals surface area contributed by atoms with Gasteiger partial charge in [-0.25, -0.2) is 0 Å². The molecule has 0 saturated heterocycles. The lowest BCUT2D eigenvalue weighted by Gasteiger charge is -2.37. The van der Waals surface area contributed by atoms with E-state index in [2.05, 4.69) is 20.8 Å². The number of aryl methyl sites for hydroxylation is 1. The molecule has 0 heterocycles. The maximum atomic E-state index is 12.3. The topological polar surface area (TPSA) is 43.4 Å². The maximum Gasteiger partial charge on any atom is 0.297 e. The van der Waals surface area contributed by atoms with Gasteiger partial charge in [0.25, 0.3) is 10.1 Å². The third-order valence-electron chi connectivity index (χ3n) is 4.42. The minimum absolute atomic E-state index is 0.186. The van der Waals surface area contributed by atoms with Crippen LogP contribution in [0.1, 0.15) is 52.0 Å². The Morgan fingerprint density at radius 3 is 2.29 bits per heavy atom. The summed E-state index contributed by atoms with van der Waals surface area (Å²) in [6.45, 7) is 8.59. The number of benzene rings is 1. The van der Waals surface area contributed by atoms with Crippen molar-refractivity contribution in [2.24, 2.45) is 11.3 Å². The lowest BCUT2D eigenvalue weighted by atomic mass is 9.72. The van der Waals surface area contributed by atoms with Crippen molar-refractivity contribution in [3.8, 4) is 0 Å². The third kappa shape index (κ3) is 4.30. The van der Waals surface area contributed by atoms with E-state index >= 15 is 0 Å². The van der Waals surface area contributed by atoms with E-state index < -0.39 is 10.1 Å². The molecule has 118 valence electrons. The van der Waals surface area contributed by atoms with Crippen molar-refractivity contribution in [2.45, 2.75) is 64.4 Å². The molecule has 0 radical (unpaired) electrons. The van der Waals surface area contributed by atoms with E-state index in [9.17, 15) is 8.42 Å². The molecule has 4 heteroatoms. The summed E-state index contributed by atoms with van der Waals surface area (Å²) in [5.74, 6) is 0.518. The molecule has 0 amide bonds. The molecule has 2 atom stereocenters. The molecule has 0 bridgehead atoms. The van der Waals surface area contributed by atoms with E-state index in [1.54, 1.807) is 24.3 Å². The summed E-state index contributed by atoms with van der Waals surface area (Å²) in [5.41, 5.74) is 1.25. The normalized spacial score (nSPS) is 24.0. The summed E-state index contributed by atoms with van der Waals surface area (Å²) >= 11 is 0. The predicted molar refractivity (Wildman–Crippen MR) is 84.7 cm³/mol. The molecule has 0 N–H and O–H groups in total. The lowest BCUT2D eigenvalue weighted by Crippen LogP contribution is -2.32. The van der Waals surface area contributed by atoms with Crippen LogP contribution in [0.25, 0.3) is 0 Å². The van der Waals surface area contributed by atoms with Gasteiger partial charge >= 0.3 is 0 Å². The molecular formula is C17H26O3S. The molecule has 3 nitrogen and oxygen atoms in total. The Labute approximate surface area is 128 Å². The summed E-state index contributed by atoms with van der Waals surface area (Å²) in [7, 11) is -3.65. The number of hydrogen-bond acceptors (Lipinski definition) is 3. The fourth-order valence-electron chi connectivity index (χ4n) is 2.96. The third-order valence-corrected chi connectivity index (χ3v) is 5.80. The van der Waals surface area contributed by atoms with Gasteiger partial charge in [-0.15, -0.1) is 0 Å². The van der Waals surface area contributed by atoms with Gasteiger partial charge in [0, 0.05) is 0 Å². The average molecular weight is 310 g/mol. The Morgan fingerprint density at radius 1 is 1.10 bits per heavy atom. The van der Waals surface area contributed by atoms with E-state index in [-0.39, 0.29) is 16.4 Å². The highest BCUT2D eigenvalue weighted by atomic mass is 32.2. The van der Waals surface area contributed by atoms with Crippen LogP contribution in [-0.2, 0) is 14.3 Å². The van der Waals surface area contributed by atoms with Gasteiger partial charge in [-0.1, -0.05) is 44.9 Å². The first-order valence-electron chi connectivity index (χ1n) is 7.68. The first-order valence-corrected chi connectivity index (χ1v) is 9.09. The summed E-state index contributed by atoms with van der Waals surface area (Å²) in [4.78, 5) is 0.256. The highest BCUT2D eigenvalue weighted by Gasteiger charge is 2.33. The Hall–Kier alpha value is -0.870. The van der Waals surface area contributed by atoms with Crippen LogP contribution in [0.15, 0.2) is 29.2 Å². The van der Waals surface area contributed by atoms with Crippen molar-refractivity contribution in [2.75, 3.05) is 0 Å². The molecular weight excluding hydrogens is 284 g/mol. The van der Waals surface area contributed by atoms with Crippen LogP contribution in [0.4, 0.5) is 0 Å². The van der Waals surface area contributed by atoms with Crippen molar-refractivity contribution >= 4 is 10.1 Å². The molecule has 0 aromatic heterocycles. The maximum absolute atomic E-state index is 12.3. The fourth-order valence-corrected chi connectivity index (χ4v) is 4.07. The molecule has 1 saturated carbocycles. The van der Waals surface area contributed by atoms with Gasteiger partial charge in [-0.2, -0.15) is 8.42 Å². The number of hydrogen-bond donors (Lipinski definition) is 0. The smallest absolute Gasteiger partial charge is 0.263 e. The highest BCUT2D eigenvalue weighted by molar-refractivity contribution is 7.86. The van der Waals surface area contributed by atoms with Gasteiger partial charge in [-0.3, -0.25) is 4.18 Å². The Kier molecular flexibility index (Phi) is 4.79. The van der Waals surface area contributed by atoms with E-state index in [4.69, 9.17) is 4.18 Å². The van der Waals surface area contributed by atoms with Crippen molar-refractivity contribution in [3.63, 3.8) is 0 Å². The van der Waals surface area contributed by atoms with E-state index in [0.717, 1.165) is 31.2 Å². The summed E-state index contributed by atoms with van der Waals surface area (Å²) in [6.07, 6.45) is 3.67. The second kappa shape index (κ2) is 6.09. The summed E-state index contributed by atoms with van der Waals surface area (Å²) in [6, 6.07) is 6.84. The minimum Gasteiger partial charge on any atom is -0.263 e. The van der Waals surface area contributed by atoms with E-state index in [1.165, 1.54) is 0 Å². The van der Waals surface area contributed by atoms with Gasteiger partial charge in [0.1, 0.15) is 0 Å². The minimum atomic E-state index is -3.65. The second-order valence-electron chi connectivity index (χ2n) is 7.21. The fraction of sp³-hybridized carbons (Fsp3) is 0.647. The largest absolute Gasteiger partial charge is 0.297 e. The molecule has 1 aliphatic rings. The Bertz CT molecular complexity index is 567. The van der Waals surface area contributed by atoms with Crippen LogP contribution in [0.2, 0.25) is 0 Å². The molecule has 0 aliphatic heterocycles. The average Bonchev–Trinajstić information content (AvgIpc) is 2.38. The van der Waals surface area contributed by atoms with Crippen LogP contribution >= 0.6 is 0 Å². The Morgan fingerprint density at radius 2 is 1.71 bits per heavy atom. The zero-order valence-electron chi connectivity index (χ0n) is 13.4. The zero-order chi connectivity index (χ0) is 15.7. The van der Waals surface area contributed by atoms with Gasteiger partial charge < -0.3 is 0 Å². The van der Waals surface area contributed by atoms with Crippen LogP contribution < -0.4 is 0 Å². The SMILES string of the molecule is Cc1ccc(S(=O)(=O)OC2CCCC(C(C)(C)C)C2)cc1. The van der Waals surface area contributed by atoms with Crippen molar-refractivity contribution < 1.29 is 12.6 Å². The molecule has 0 spiro atoms. The zero-order valence-corrected chi connectivity index (χ0v) is 14.2. The molecule has 1 aliphatic carbocycles. The first-order chi connectivity index (χ1) is 9.68. The quantitative estimate of drug-likeness (QED) is 0.782. The molecule has 1 aromatic rings. The Balaban J connectivity index is 2.08. The highest BCUT2D eigenvalue weighted by Crippen LogP contribution is 2.39. The lowest BCUT2D eigenvalue weighted by molar-refractivity contribution is 0.0788. The summed E-state index contributed by atoms with van der Waals surface area (Å²) in [5, 5.41) is 0. The van der Waals surface area contributed by atoms with Gasteiger partial charge in [0.2, 0.25) is 0 Å². The van der Waals surface area contributed by atoms with Crippen molar-refractivity contribution in [1.82, 2.24) is 0 Å². The van der Waals surface area contributed by atoms with Gasteiger partial charge in [-0.05, 0) is 49.7 Å². The van der Waals surface area contributed by atoms with Crippen LogP contribution in [0.5, 0.6) is 0 Å². The van der Waals surface area contributed by atoms with Crippen molar-refractivity contribution in [3.05, 3.63) is 29.8 Å². The van der Waals surface area contributed by atoms with Gasteiger partial charge in [0.15, 0.2) is 0 Å². The molecule has 1 aromatic carbocycles. The standard InChI is InChI=1S/C17H26O3S/c1-13-8-10-16(11-9-13)21(18,19)20-15-7-5-6-14(12-15)17(2,3)4/h8-11,14-15H,5-7,12H2,1-4H3.